The minimum Gasteiger partial charge on any atom is -0.311 e. The van der Waals surface area contributed by atoms with Crippen LogP contribution in [0.4, 0.5) is 5.69 Å². The van der Waals surface area contributed by atoms with Gasteiger partial charge in [0, 0.05) is 12.2 Å². The van der Waals surface area contributed by atoms with Crippen LogP contribution in [0.3, 0.4) is 0 Å². The lowest BCUT2D eigenvalue weighted by molar-refractivity contribution is -0.116. The van der Waals surface area contributed by atoms with Crippen LogP contribution in [0.5, 0.6) is 0 Å². The number of hydrogen-bond donors (Lipinski definition) is 0. The van der Waals surface area contributed by atoms with E-state index in [1.807, 2.05) is 54.6 Å². The minimum absolute atomic E-state index is 0.136. The Hall–Kier alpha value is -2.40. The molecule has 0 saturated carbocycles. The molecule has 0 aliphatic carbocycles. The third-order valence-electron chi connectivity index (χ3n) is 3.99. The maximum Gasteiger partial charge on any atom is 0.242 e. The van der Waals surface area contributed by atoms with Gasteiger partial charge in [-0.25, -0.2) is 8.42 Å². The number of amides is 1. The molecule has 1 aliphatic rings. The highest BCUT2D eigenvalue weighted by Crippen LogP contribution is 2.27. The fourth-order valence-corrected chi connectivity index (χ4v) is 3.86. The average molecular weight is 341 g/mol. The molecule has 24 heavy (non-hydrogen) atoms. The monoisotopic (exact) mass is 341 g/mol. The van der Waals surface area contributed by atoms with Gasteiger partial charge in [0.15, 0.2) is 9.84 Å². The van der Waals surface area contributed by atoms with Crippen LogP contribution in [0.2, 0.25) is 0 Å². The molecule has 0 bridgehead atoms. The summed E-state index contributed by atoms with van der Waals surface area (Å²) in [6.45, 7) is 0.549. The summed E-state index contributed by atoms with van der Waals surface area (Å²) in [5.74, 6) is -0.947. The Labute approximate surface area is 142 Å². The molecule has 0 N–H and O–H groups in total. The van der Waals surface area contributed by atoms with Gasteiger partial charge in [0.25, 0.3) is 0 Å². The Morgan fingerprint density at radius 1 is 1.04 bits per heavy atom. The van der Waals surface area contributed by atoms with E-state index in [0.29, 0.717) is 6.54 Å². The molecule has 0 atom stereocenters. The zero-order valence-corrected chi connectivity index (χ0v) is 14.1. The highest BCUT2D eigenvalue weighted by molar-refractivity contribution is 7.92. The van der Waals surface area contributed by atoms with Gasteiger partial charge in [-0.3, -0.25) is 4.79 Å². The minimum atomic E-state index is -3.47. The number of anilines is 1. The summed E-state index contributed by atoms with van der Waals surface area (Å²) in [5.41, 5.74) is 2.86. The number of carbonyl (C=O) groups is 1. The second-order valence-corrected chi connectivity index (χ2v) is 7.90. The number of carbonyl (C=O) groups excluding carboxylic acids is 1. The molecule has 2 aromatic carbocycles. The smallest absolute Gasteiger partial charge is 0.242 e. The molecular weight excluding hydrogens is 322 g/mol. The lowest BCUT2D eigenvalue weighted by Crippen LogP contribution is -2.34. The van der Waals surface area contributed by atoms with Gasteiger partial charge in [-0.05, 0) is 23.6 Å². The van der Waals surface area contributed by atoms with Gasteiger partial charge in [0.1, 0.15) is 5.75 Å². The molecular formula is C19H19NO3S. The summed E-state index contributed by atoms with van der Waals surface area (Å²) >= 11 is 0. The zero-order valence-electron chi connectivity index (χ0n) is 13.3. The van der Waals surface area contributed by atoms with Gasteiger partial charge in [-0.1, -0.05) is 60.7 Å². The van der Waals surface area contributed by atoms with Gasteiger partial charge in [0.2, 0.25) is 5.91 Å². The highest BCUT2D eigenvalue weighted by atomic mass is 32.2. The summed E-state index contributed by atoms with van der Waals surface area (Å²) in [5, 5.41) is 0. The molecule has 0 aromatic heterocycles. The van der Waals surface area contributed by atoms with Crippen molar-refractivity contribution in [3.05, 3.63) is 71.8 Å². The van der Waals surface area contributed by atoms with Crippen molar-refractivity contribution >= 4 is 27.5 Å². The molecule has 0 saturated heterocycles. The standard InChI is InChI=1S/C19H19NO3S/c21-19(20-13-12-17-10-4-5-11-18(17)20)15-24(22,23)14-6-9-16-7-2-1-3-8-16/h1-11H,12-15H2. The van der Waals surface area contributed by atoms with Crippen molar-refractivity contribution in [3.8, 4) is 0 Å². The summed E-state index contributed by atoms with van der Waals surface area (Å²) in [6.07, 6.45) is 4.12. The molecule has 0 unspecified atom stereocenters. The van der Waals surface area contributed by atoms with E-state index in [-0.39, 0.29) is 11.7 Å². The number of rotatable bonds is 5. The van der Waals surface area contributed by atoms with Gasteiger partial charge in [0.05, 0.1) is 5.75 Å². The molecule has 4 nitrogen and oxygen atoms in total. The predicted molar refractivity (Wildman–Crippen MR) is 96.6 cm³/mol. The normalized spacial score (nSPS) is 14.1. The molecule has 0 spiro atoms. The van der Waals surface area contributed by atoms with Crippen LogP contribution in [0, 0.1) is 0 Å². The van der Waals surface area contributed by atoms with Crippen molar-refractivity contribution in [2.45, 2.75) is 6.42 Å². The number of para-hydroxylation sites is 1. The number of benzene rings is 2. The van der Waals surface area contributed by atoms with Crippen LogP contribution < -0.4 is 4.90 Å². The zero-order chi connectivity index (χ0) is 17.0. The summed E-state index contributed by atoms with van der Waals surface area (Å²) in [7, 11) is -3.47. The molecule has 1 aliphatic heterocycles. The molecule has 0 radical (unpaired) electrons. The SMILES string of the molecule is O=C(CS(=O)(=O)CC=Cc1ccccc1)N1CCc2ccccc21. The first kappa shape index (κ1) is 16.5. The molecule has 1 heterocycles. The summed E-state index contributed by atoms with van der Waals surface area (Å²) < 4.78 is 24.4. The molecule has 1 amide bonds. The second-order valence-electron chi connectivity index (χ2n) is 5.79. The average Bonchev–Trinajstić information content (AvgIpc) is 2.99. The second kappa shape index (κ2) is 7.01. The number of nitrogens with zero attached hydrogens (tertiary/aromatic N) is 1. The summed E-state index contributed by atoms with van der Waals surface area (Å²) in [4.78, 5) is 14.0. The third-order valence-corrected chi connectivity index (χ3v) is 5.38. The fourth-order valence-electron chi connectivity index (χ4n) is 2.82. The van der Waals surface area contributed by atoms with Gasteiger partial charge >= 0.3 is 0 Å². The van der Waals surface area contributed by atoms with Crippen molar-refractivity contribution in [2.24, 2.45) is 0 Å². The first-order chi connectivity index (χ1) is 11.6. The van der Waals surface area contributed by atoms with Crippen LogP contribution in [-0.2, 0) is 21.1 Å². The quantitative estimate of drug-likeness (QED) is 0.840. The van der Waals surface area contributed by atoms with E-state index < -0.39 is 15.6 Å². The van der Waals surface area contributed by atoms with Gasteiger partial charge < -0.3 is 4.90 Å². The largest absolute Gasteiger partial charge is 0.311 e. The summed E-state index contributed by atoms with van der Waals surface area (Å²) in [6, 6.07) is 17.1. The Morgan fingerprint density at radius 3 is 2.54 bits per heavy atom. The number of hydrogen-bond acceptors (Lipinski definition) is 3. The van der Waals surface area contributed by atoms with Crippen LogP contribution in [0.1, 0.15) is 11.1 Å². The first-order valence-electron chi connectivity index (χ1n) is 7.85. The van der Waals surface area contributed by atoms with Crippen LogP contribution in [0.25, 0.3) is 6.08 Å². The van der Waals surface area contributed by atoms with E-state index >= 15 is 0 Å². The molecule has 2 aromatic rings. The van der Waals surface area contributed by atoms with E-state index in [4.69, 9.17) is 0 Å². The maximum atomic E-state index is 12.4. The van der Waals surface area contributed by atoms with E-state index in [0.717, 1.165) is 23.2 Å². The van der Waals surface area contributed by atoms with Crippen molar-refractivity contribution in [1.82, 2.24) is 0 Å². The third kappa shape index (κ3) is 3.92. The van der Waals surface area contributed by atoms with Gasteiger partial charge in [-0.15, -0.1) is 0 Å². The van der Waals surface area contributed by atoms with Crippen LogP contribution in [-0.4, -0.2) is 32.4 Å². The number of fused-ring (bicyclic) bond motifs is 1. The van der Waals surface area contributed by atoms with Crippen LogP contribution >= 0.6 is 0 Å². The topological polar surface area (TPSA) is 54.5 Å². The Bertz CT molecular complexity index is 857. The first-order valence-corrected chi connectivity index (χ1v) is 9.68. The van der Waals surface area contributed by atoms with Crippen molar-refractivity contribution < 1.29 is 13.2 Å². The van der Waals surface area contributed by atoms with E-state index in [2.05, 4.69) is 0 Å². The maximum absolute atomic E-state index is 12.4. The fraction of sp³-hybridized carbons (Fsp3) is 0.211. The van der Waals surface area contributed by atoms with E-state index in [1.165, 1.54) is 0 Å². The molecule has 5 heteroatoms. The Morgan fingerprint density at radius 2 is 1.75 bits per heavy atom. The van der Waals surface area contributed by atoms with Crippen molar-refractivity contribution in [1.29, 1.82) is 0 Å². The lowest BCUT2D eigenvalue weighted by Gasteiger charge is -2.17. The molecule has 124 valence electrons. The highest BCUT2D eigenvalue weighted by Gasteiger charge is 2.27. The number of sulfone groups is 1. The van der Waals surface area contributed by atoms with Crippen LogP contribution in [0.15, 0.2) is 60.7 Å². The lowest BCUT2D eigenvalue weighted by atomic mass is 10.2. The van der Waals surface area contributed by atoms with Gasteiger partial charge in [-0.2, -0.15) is 0 Å². The molecule has 0 fully saturated rings. The van der Waals surface area contributed by atoms with E-state index in [1.54, 1.807) is 17.1 Å². The van der Waals surface area contributed by atoms with Crippen molar-refractivity contribution in [2.75, 3.05) is 23.0 Å². The van der Waals surface area contributed by atoms with E-state index in [9.17, 15) is 13.2 Å². The predicted octanol–water partition coefficient (Wildman–Crippen LogP) is 2.70. The molecule has 3 rings (SSSR count). The van der Waals surface area contributed by atoms with Crippen molar-refractivity contribution in [3.63, 3.8) is 0 Å². The Balaban J connectivity index is 1.63. The Kier molecular flexibility index (Phi) is 4.81.